The molecule has 0 saturated carbocycles. The molecule has 204 valence electrons. The molecule has 11 nitrogen and oxygen atoms in total. The summed E-state index contributed by atoms with van der Waals surface area (Å²) in [7, 11) is -7.58. The van der Waals surface area contributed by atoms with Gasteiger partial charge in [0.05, 0.1) is 35.5 Å². The van der Waals surface area contributed by atoms with Gasteiger partial charge in [0.2, 0.25) is 10.0 Å². The monoisotopic (exact) mass is 554 g/mol. The molecule has 2 rings (SSSR count). The SMILES string of the molecule is CC(C)(C)OC(=O)NC1CCN(S(=O)(=O)c2ccc(C#N)c(CC(CCC#N)COS(C)(=O)=O)c2)CC1. The molecule has 0 bridgehead atoms. The van der Waals surface area contributed by atoms with Crippen LogP contribution in [0.2, 0.25) is 0 Å². The van der Waals surface area contributed by atoms with E-state index in [0.29, 0.717) is 24.8 Å². The zero-order chi connectivity index (χ0) is 27.9. The van der Waals surface area contributed by atoms with Crippen LogP contribution in [0.4, 0.5) is 4.79 Å². The van der Waals surface area contributed by atoms with E-state index in [1.165, 1.54) is 22.5 Å². The molecule has 1 aromatic rings. The van der Waals surface area contributed by atoms with Crippen LogP contribution in [0.15, 0.2) is 23.1 Å². The fraction of sp³-hybridized carbons (Fsp3) is 0.625. The number of rotatable bonds is 10. The Morgan fingerprint density at radius 2 is 1.84 bits per heavy atom. The van der Waals surface area contributed by atoms with Crippen LogP contribution >= 0.6 is 0 Å². The first-order valence-corrected chi connectivity index (χ1v) is 15.1. The van der Waals surface area contributed by atoms with Gasteiger partial charge in [0, 0.05) is 25.6 Å². The van der Waals surface area contributed by atoms with Gasteiger partial charge in [-0.15, -0.1) is 0 Å². The van der Waals surface area contributed by atoms with Gasteiger partial charge in [0.15, 0.2) is 0 Å². The third-order valence-corrected chi connectivity index (χ3v) is 8.16. The molecule has 1 fully saturated rings. The lowest BCUT2D eigenvalue weighted by atomic mass is 9.93. The maximum Gasteiger partial charge on any atom is 0.407 e. The maximum absolute atomic E-state index is 13.4. The molecule has 1 aliphatic rings. The number of nitriles is 2. The quantitative estimate of drug-likeness (QED) is 0.428. The van der Waals surface area contributed by atoms with Crippen LogP contribution in [0.3, 0.4) is 0 Å². The summed E-state index contributed by atoms with van der Waals surface area (Å²) in [6.07, 6.45) is 1.87. The van der Waals surface area contributed by atoms with E-state index in [4.69, 9.17) is 14.2 Å². The predicted molar refractivity (Wildman–Crippen MR) is 135 cm³/mol. The van der Waals surface area contributed by atoms with Crippen molar-refractivity contribution in [3.63, 3.8) is 0 Å². The van der Waals surface area contributed by atoms with Crippen molar-refractivity contribution in [2.24, 2.45) is 5.92 Å². The van der Waals surface area contributed by atoms with Crippen LogP contribution < -0.4 is 5.32 Å². The summed E-state index contributed by atoms with van der Waals surface area (Å²) in [5.41, 5.74) is 0.0667. The van der Waals surface area contributed by atoms with E-state index < -0.39 is 37.8 Å². The van der Waals surface area contributed by atoms with Gasteiger partial charge in [-0.1, -0.05) is 0 Å². The van der Waals surface area contributed by atoms with Crippen molar-refractivity contribution in [3.05, 3.63) is 29.3 Å². The van der Waals surface area contributed by atoms with Gasteiger partial charge in [0.1, 0.15) is 5.60 Å². The second-order valence-electron chi connectivity index (χ2n) is 10.0. The van der Waals surface area contributed by atoms with Crippen molar-refractivity contribution in [3.8, 4) is 12.1 Å². The van der Waals surface area contributed by atoms with Crippen LogP contribution in [-0.2, 0) is 35.5 Å². The number of nitrogens with one attached hydrogen (secondary N) is 1. The summed E-state index contributed by atoms with van der Waals surface area (Å²) >= 11 is 0. The lowest BCUT2D eigenvalue weighted by Gasteiger charge is -2.32. The van der Waals surface area contributed by atoms with Gasteiger partial charge >= 0.3 is 6.09 Å². The third kappa shape index (κ3) is 9.93. The minimum Gasteiger partial charge on any atom is -0.444 e. The Hall–Kier alpha value is -2.71. The Morgan fingerprint density at radius 3 is 2.38 bits per heavy atom. The smallest absolute Gasteiger partial charge is 0.407 e. The normalized spacial score (nSPS) is 16.4. The molecule has 0 spiro atoms. The minimum absolute atomic E-state index is 0.0168. The molecule has 1 aliphatic heterocycles. The van der Waals surface area contributed by atoms with E-state index in [0.717, 1.165) is 6.26 Å². The fourth-order valence-electron chi connectivity index (χ4n) is 3.92. The number of benzene rings is 1. The molecule has 1 aromatic carbocycles. The van der Waals surface area contributed by atoms with Crippen LogP contribution in [0.25, 0.3) is 0 Å². The minimum atomic E-state index is -3.88. The molecule has 1 heterocycles. The molecule has 0 aromatic heterocycles. The number of nitrogens with zero attached hydrogens (tertiary/aromatic N) is 3. The second kappa shape index (κ2) is 12.7. The Balaban J connectivity index is 2.16. The molecule has 1 atom stereocenters. The number of hydrogen-bond acceptors (Lipinski definition) is 9. The van der Waals surface area contributed by atoms with E-state index >= 15 is 0 Å². The Labute approximate surface area is 219 Å². The number of sulfonamides is 1. The highest BCUT2D eigenvalue weighted by Gasteiger charge is 2.31. The zero-order valence-electron chi connectivity index (χ0n) is 21.6. The number of hydrogen-bond donors (Lipinski definition) is 1. The van der Waals surface area contributed by atoms with E-state index in [1.807, 2.05) is 12.1 Å². The number of alkyl carbamates (subject to hydrolysis) is 1. The van der Waals surface area contributed by atoms with Gasteiger partial charge in [-0.25, -0.2) is 13.2 Å². The van der Waals surface area contributed by atoms with Crippen LogP contribution in [0.5, 0.6) is 0 Å². The van der Waals surface area contributed by atoms with Gasteiger partial charge in [0.25, 0.3) is 10.1 Å². The van der Waals surface area contributed by atoms with Crippen molar-refractivity contribution >= 4 is 26.2 Å². The first kappa shape index (κ1) is 30.5. The topological polar surface area (TPSA) is 167 Å². The Bertz CT molecular complexity index is 1250. The highest BCUT2D eigenvalue weighted by molar-refractivity contribution is 7.89. The highest BCUT2D eigenvalue weighted by Crippen LogP contribution is 2.26. The summed E-state index contributed by atoms with van der Waals surface area (Å²) in [4.78, 5) is 12.0. The standard InChI is InChI=1S/C24H34N4O7S2/c1-24(2,3)35-23(29)27-21-9-12-28(13-10-21)37(32,33)22-8-7-19(16-26)20(15-22)14-18(6-5-11-25)17-34-36(4,30)31/h7-8,15,18,21H,5-6,9-10,12-14,17H2,1-4H3,(H,27,29). The van der Waals surface area contributed by atoms with Crippen molar-refractivity contribution < 1.29 is 30.6 Å². The van der Waals surface area contributed by atoms with Crippen LogP contribution in [0.1, 0.15) is 57.6 Å². The Morgan fingerprint density at radius 1 is 1.19 bits per heavy atom. The number of ether oxygens (including phenoxy) is 1. The lowest BCUT2D eigenvalue weighted by Crippen LogP contribution is -2.47. The van der Waals surface area contributed by atoms with Gasteiger partial charge in [-0.05, 0) is 76.1 Å². The summed E-state index contributed by atoms with van der Waals surface area (Å²) in [6.45, 7) is 5.50. The first-order valence-electron chi connectivity index (χ1n) is 11.9. The lowest BCUT2D eigenvalue weighted by molar-refractivity contribution is 0.0489. The number of amides is 1. The van der Waals surface area contributed by atoms with Gasteiger partial charge in [-0.3, -0.25) is 4.18 Å². The molecule has 0 radical (unpaired) electrons. The number of piperidine rings is 1. The average molecular weight is 555 g/mol. The van der Waals surface area contributed by atoms with E-state index in [1.54, 1.807) is 20.8 Å². The number of carbonyl (C=O) groups is 1. The molecule has 1 N–H and O–H groups in total. The highest BCUT2D eigenvalue weighted by atomic mass is 32.2. The zero-order valence-corrected chi connectivity index (χ0v) is 23.2. The summed E-state index contributed by atoms with van der Waals surface area (Å²) in [6, 6.07) is 8.07. The van der Waals surface area contributed by atoms with E-state index in [9.17, 15) is 26.9 Å². The summed E-state index contributed by atoms with van der Waals surface area (Å²) < 4.78 is 61.1. The van der Waals surface area contributed by atoms with Crippen molar-refractivity contribution in [1.82, 2.24) is 9.62 Å². The van der Waals surface area contributed by atoms with Crippen LogP contribution in [-0.4, -0.2) is 64.8 Å². The van der Waals surface area contributed by atoms with Crippen LogP contribution in [0, 0.1) is 28.6 Å². The third-order valence-electron chi connectivity index (χ3n) is 5.70. The molecule has 1 amide bonds. The molecular formula is C24H34N4O7S2. The van der Waals surface area contributed by atoms with Crippen molar-refractivity contribution in [1.29, 1.82) is 10.5 Å². The molecule has 1 unspecified atom stereocenters. The second-order valence-corrected chi connectivity index (χ2v) is 13.6. The van der Waals surface area contributed by atoms with E-state index in [-0.39, 0.29) is 49.0 Å². The van der Waals surface area contributed by atoms with Gasteiger partial charge in [-0.2, -0.15) is 23.2 Å². The molecule has 13 heteroatoms. The average Bonchev–Trinajstić information content (AvgIpc) is 2.79. The number of carbonyl (C=O) groups excluding carboxylic acids is 1. The summed E-state index contributed by atoms with van der Waals surface area (Å²) in [5, 5.41) is 21.3. The molecular weight excluding hydrogens is 520 g/mol. The van der Waals surface area contributed by atoms with Crippen molar-refractivity contribution in [2.45, 2.75) is 69.4 Å². The van der Waals surface area contributed by atoms with E-state index in [2.05, 4.69) is 5.32 Å². The summed E-state index contributed by atoms with van der Waals surface area (Å²) in [5.74, 6) is -0.408. The molecule has 1 saturated heterocycles. The van der Waals surface area contributed by atoms with Crippen molar-refractivity contribution in [2.75, 3.05) is 26.0 Å². The first-order chi connectivity index (χ1) is 17.1. The molecule has 37 heavy (non-hydrogen) atoms. The fourth-order valence-corrected chi connectivity index (χ4v) is 5.88. The predicted octanol–water partition coefficient (Wildman–Crippen LogP) is 2.67. The largest absolute Gasteiger partial charge is 0.444 e. The van der Waals surface area contributed by atoms with Gasteiger partial charge < -0.3 is 10.1 Å². The molecule has 0 aliphatic carbocycles. The Kier molecular flexibility index (Phi) is 10.5. The maximum atomic E-state index is 13.4.